The van der Waals surface area contributed by atoms with Gasteiger partial charge in [0.2, 0.25) is 0 Å². The molecule has 48 valence electrons. The quantitative estimate of drug-likeness (QED) is 0.507. The van der Waals surface area contributed by atoms with E-state index in [2.05, 4.69) is 20.8 Å². The standard InChI is InChI=1S/C5H11BCl2/c1-5(2,3)4-6(7)8/h4H2,1-3H3. The molecule has 0 atom stereocenters. The van der Waals surface area contributed by atoms with Gasteiger partial charge in [0.15, 0.2) is 0 Å². The van der Waals surface area contributed by atoms with Gasteiger partial charge < -0.3 is 0 Å². The Morgan fingerprint density at radius 1 is 1.25 bits per heavy atom. The molecule has 0 amide bonds. The van der Waals surface area contributed by atoms with Crippen molar-refractivity contribution < 1.29 is 0 Å². The van der Waals surface area contributed by atoms with E-state index in [1.54, 1.807) is 0 Å². The zero-order valence-corrected chi connectivity index (χ0v) is 7.05. The SMILES string of the molecule is CC(C)(C)CB(Cl)Cl. The van der Waals surface area contributed by atoms with E-state index >= 15 is 0 Å². The summed E-state index contributed by atoms with van der Waals surface area (Å²) in [5.41, 5.74) is 0.0451. The van der Waals surface area contributed by atoms with Crippen molar-refractivity contribution >= 4 is 28.5 Å². The van der Waals surface area contributed by atoms with Gasteiger partial charge in [-0.15, -0.1) is 0 Å². The molecule has 0 bridgehead atoms. The van der Waals surface area contributed by atoms with Crippen molar-refractivity contribution in [1.82, 2.24) is 0 Å². The van der Waals surface area contributed by atoms with Crippen LogP contribution >= 0.6 is 22.9 Å². The molecular formula is C5H11BCl2. The molecule has 0 rings (SSSR count). The highest BCUT2D eigenvalue weighted by atomic mass is 35.5. The second kappa shape index (κ2) is 2.98. The van der Waals surface area contributed by atoms with Crippen LogP contribution in [-0.4, -0.2) is 5.54 Å². The van der Waals surface area contributed by atoms with Crippen LogP contribution < -0.4 is 0 Å². The van der Waals surface area contributed by atoms with E-state index in [9.17, 15) is 0 Å². The van der Waals surface area contributed by atoms with Crippen molar-refractivity contribution in [1.29, 1.82) is 0 Å². The lowest BCUT2D eigenvalue weighted by Gasteiger charge is -2.16. The summed E-state index contributed by atoms with van der Waals surface area (Å²) in [4.78, 5) is 0. The highest BCUT2D eigenvalue weighted by molar-refractivity contribution is 7.33. The minimum atomic E-state index is -0.213. The van der Waals surface area contributed by atoms with Crippen molar-refractivity contribution in [3.8, 4) is 0 Å². The second-order valence-corrected chi connectivity index (χ2v) is 4.43. The van der Waals surface area contributed by atoms with Crippen LogP contribution in [0, 0.1) is 5.41 Å². The Morgan fingerprint density at radius 3 is 1.62 bits per heavy atom. The molecule has 0 aromatic carbocycles. The van der Waals surface area contributed by atoms with Gasteiger partial charge in [-0.1, -0.05) is 20.8 Å². The zero-order valence-electron chi connectivity index (χ0n) is 5.54. The van der Waals surface area contributed by atoms with Crippen molar-refractivity contribution in [2.24, 2.45) is 5.41 Å². The van der Waals surface area contributed by atoms with E-state index in [0.717, 1.165) is 6.32 Å². The fraction of sp³-hybridized carbons (Fsp3) is 1.00. The first-order valence-corrected chi connectivity index (χ1v) is 3.57. The third-order valence-corrected chi connectivity index (χ3v) is 1.08. The first kappa shape index (κ1) is 8.64. The molecule has 0 aliphatic heterocycles. The maximum atomic E-state index is 5.53. The molecule has 0 radical (unpaired) electrons. The molecule has 0 N–H and O–H groups in total. The van der Waals surface area contributed by atoms with E-state index in [4.69, 9.17) is 22.9 Å². The summed E-state index contributed by atoms with van der Waals surface area (Å²) in [6, 6.07) is 0. The molecule has 0 saturated heterocycles. The third kappa shape index (κ3) is 6.64. The molecule has 0 aromatic heterocycles. The van der Waals surface area contributed by atoms with Crippen LogP contribution in [0.25, 0.3) is 0 Å². The molecule has 3 heteroatoms. The van der Waals surface area contributed by atoms with Crippen LogP contribution in [0.15, 0.2) is 0 Å². The number of hydrogen-bond acceptors (Lipinski definition) is 0. The Morgan fingerprint density at radius 2 is 1.62 bits per heavy atom. The van der Waals surface area contributed by atoms with Crippen molar-refractivity contribution in [2.75, 3.05) is 0 Å². The lowest BCUT2D eigenvalue weighted by Crippen LogP contribution is -2.10. The Balaban J connectivity index is 3.39. The molecule has 0 heterocycles. The maximum Gasteiger partial charge on any atom is 0.352 e. The number of hydrogen-bond donors (Lipinski definition) is 0. The fourth-order valence-electron chi connectivity index (χ4n) is 0.463. The maximum absolute atomic E-state index is 5.53. The summed E-state index contributed by atoms with van der Waals surface area (Å²) in [6.45, 7) is 6.35. The van der Waals surface area contributed by atoms with E-state index in [1.807, 2.05) is 0 Å². The largest absolute Gasteiger partial charge is 0.352 e. The van der Waals surface area contributed by atoms with E-state index in [1.165, 1.54) is 0 Å². The van der Waals surface area contributed by atoms with Gasteiger partial charge in [0, 0.05) is 0 Å². The predicted molar refractivity (Wildman–Crippen MR) is 41.7 cm³/mol. The van der Waals surface area contributed by atoms with Gasteiger partial charge in [0.1, 0.15) is 0 Å². The molecule has 0 spiro atoms. The van der Waals surface area contributed by atoms with Gasteiger partial charge >= 0.3 is 5.54 Å². The highest BCUT2D eigenvalue weighted by Crippen LogP contribution is 2.24. The van der Waals surface area contributed by atoms with Crippen LogP contribution in [0.5, 0.6) is 0 Å². The molecule has 0 saturated carbocycles. The molecule has 0 unspecified atom stereocenters. The Bertz CT molecular complexity index is 65.3. The number of rotatable bonds is 1. The molecule has 8 heavy (non-hydrogen) atoms. The third-order valence-electron chi connectivity index (χ3n) is 0.767. The zero-order chi connectivity index (χ0) is 6.78. The summed E-state index contributed by atoms with van der Waals surface area (Å²) < 4.78 is 0. The Kier molecular flexibility index (Phi) is 3.22. The van der Waals surface area contributed by atoms with Gasteiger partial charge in [-0.3, -0.25) is 0 Å². The van der Waals surface area contributed by atoms with Crippen molar-refractivity contribution in [3.63, 3.8) is 0 Å². The fourth-order valence-corrected chi connectivity index (χ4v) is 1.39. The van der Waals surface area contributed by atoms with Crippen LogP contribution in [0.1, 0.15) is 20.8 Å². The predicted octanol–water partition coefficient (Wildman–Crippen LogP) is 3.00. The van der Waals surface area contributed by atoms with Crippen LogP contribution in [0.3, 0.4) is 0 Å². The summed E-state index contributed by atoms with van der Waals surface area (Å²) in [6.07, 6.45) is 0.857. The van der Waals surface area contributed by atoms with E-state index < -0.39 is 0 Å². The van der Waals surface area contributed by atoms with Crippen LogP contribution in [-0.2, 0) is 0 Å². The van der Waals surface area contributed by atoms with Gasteiger partial charge in [-0.05, 0) is 11.7 Å². The minimum absolute atomic E-state index is 0.213. The smallest absolute Gasteiger partial charge is 0.172 e. The summed E-state index contributed by atoms with van der Waals surface area (Å²) in [5, 5.41) is 0. The summed E-state index contributed by atoms with van der Waals surface area (Å²) in [7, 11) is 0. The molecule has 0 aliphatic rings. The lowest BCUT2D eigenvalue weighted by molar-refractivity contribution is 0.467. The molecule has 0 nitrogen and oxygen atoms in total. The minimum Gasteiger partial charge on any atom is -0.172 e. The normalized spacial score (nSPS) is 11.6. The first-order valence-electron chi connectivity index (χ1n) is 2.70. The Labute approximate surface area is 61.5 Å². The van der Waals surface area contributed by atoms with Gasteiger partial charge in [0.05, 0.1) is 0 Å². The molecular weight excluding hydrogens is 142 g/mol. The molecule has 0 fully saturated rings. The summed E-state index contributed by atoms with van der Waals surface area (Å²) >= 11 is 11.1. The molecule has 0 aliphatic carbocycles. The molecule has 0 aromatic rings. The van der Waals surface area contributed by atoms with Crippen molar-refractivity contribution in [3.05, 3.63) is 0 Å². The van der Waals surface area contributed by atoms with Crippen molar-refractivity contribution in [2.45, 2.75) is 27.1 Å². The summed E-state index contributed by atoms with van der Waals surface area (Å²) in [5.74, 6) is 0. The van der Waals surface area contributed by atoms with Gasteiger partial charge in [-0.25, -0.2) is 0 Å². The second-order valence-electron chi connectivity index (χ2n) is 3.16. The monoisotopic (exact) mass is 152 g/mol. The van der Waals surface area contributed by atoms with Crippen LogP contribution in [0.4, 0.5) is 0 Å². The van der Waals surface area contributed by atoms with Gasteiger partial charge in [-0.2, -0.15) is 22.9 Å². The topological polar surface area (TPSA) is 0 Å². The van der Waals surface area contributed by atoms with Crippen LogP contribution in [0.2, 0.25) is 6.32 Å². The Hall–Kier alpha value is 0.645. The lowest BCUT2D eigenvalue weighted by atomic mass is 9.79. The van der Waals surface area contributed by atoms with E-state index in [0.29, 0.717) is 0 Å². The van der Waals surface area contributed by atoms with E-state index in [-0.39, 0.29) is 11.0 Å². The number of halogens is 2. The van der Waals surface area contributed by atoms with Gasteiger partial charge in [0.25, 0.3) is 0 Å². The average Bonchev–Trinajstić information content (AvgIpc) is 1.21. The first-order chi connectivity index (χ1) is 3.42. The average molecular weight is 153 g/mol. The highest BCUT2D eigenvalue weighted by Gasteiger charge is 2.17.